The predicted molar refractivity (Wildman–Crippen MR) is 90.9 cm³/mol. The molecule has 1 amide bonds. The smallest absolute Gasteiger partial charge is 0.240 e. The monoisotopic (exact) mass is 341 g/mol. The number of halogens is 1. The van der Waals surface area contributed by atoms with Crippen molar-refractivity contribution in [1.29, 1.82) is 0 Å². The van der Waals surface area contributed by atoms with E-state index in [4.69, 9.17) is 16.3 Å². The van der Waals surface area contributed by atoms with Crippen LogP contribution in [0.25, 0.3) is 0 Å². The summed E-state index contributed by atoms with van der Waals surface area (Å²) in [5.41, 5.74) is 0.947. The molecule has 2 aliphatic heterocycles. The third-order valence-corrected chi connectivity index (χ3v) is 5.28. The van der Waals surface area contributed by atoms with Gasteiger partial charge in [0, 0.05) is 30.6 Å². The second-order valence-corrected chi connectivity index (χ2v) is 7.01. The largest absolute Gasteiger partial charge is 0.495 e. The highest BCUT2D eigenvalue weighted by Gasteiger charge is 2.33. The molecule has 0 spiro atoms. The topological polar surface area (TPSA) is 53.6 Å². The Kier molecular flexibility index (Phi) is 5.00. The molecule has 3 rings (SSSR count). The van der Waals surface area contributed by atoms with Gasteiger partial charge in [-0.3, -0.25) is 4.79 Å². The van der Waals surface area contributed by atoms with Crippen LogP contribution in [-0.2, 0) is 4.79 Å². The Bertz CT molecular complexity index is 552. The maximum Gasteiger partial charge on any atom is 0.240 e. The number of carbonyl (C=O) groups is 1. The molecule has 2 heterocycles. The van der Waals surface area contributed by atoms with E-state index in [1.54, 1.807) is 7.11 Å². The molecule has 0 radical (unpaired) electrons. The molecule has 0 aliphatic carbocycles. The predicted octanol–water partition coefficient (Wildman–Crippen LogP) is 2.02. The van der Waals surface area contributed by atoms with Gasteiger partial charge in [0.2, 0.25) is 5.91 Å². The van der Waals surface area contributed by atoms with Gasteiger partial charge in [-0.1, -0.05) is 11.6 Å². The van der Waals surface area contributed by atoms with Crippen LogP contribution < -0.4 is 15.4 Å². The average molecular weight is 342 g/mol. The number of nitrogens with one attached hydrogen (secondary N) is 2. The summed E-state index contributed by atoms with van der Waals surface area (Å²) in [4.78, 5) is 14.3. The first-order valence-corrected chi connectivity index (χ1v) is 8.90. The van der Waals surface area contributed by atoms with E-state index in [-0.39, 0.29) is 18.0 Å². The molecule has 1 aromatic rings. The zero-order chi connectivity index (χ0) is 15.5. The van der Waals surface area contributed by atoms with Crippen LogP contribution >= 0.6 is 23.4 Å². The molecular weight excluding hydrogens is 322 g/mol. The minimum Gasteiger partial charge on any atom is -0.495 e. The maximum absolute atomic E-state index is 12.4. The van der Waals surface area contributed by atoms with Gasteiger partial charge in [0.1, 0.15) is 5.75 Å². The van der Waals surface area contributed by atoms with Crippen LogP contribution in [0.5, 0.6) is 5.75 Å². The van der Waals surface area contributed by atoms with Gasteiger partial charge in [0.15, 0.2) is 0 Å². The third-order valence-electron chi connectivity index (χ3n) is 4.02. The van der Waals surface area contributed by atoms with Crippen molar-refractivity contribution in [3.05, 3.63) is 23.2 Å². The lowest BCUT2D eigenvalue weighted by Gasteiger charge is -2.19. The Morgan fingerprint density at radius 3 is 3.09 bits per heavy atom. The minimum atomic E-state index is -0.0788. The molecular formula is C15H20ClN3O2S. The summed E-state index contributed by atoms with van der Waals surface area (Å²) in [7, 11) is 1.60. The van der Waals surface area contributed by atoms with Crippen LogP contribution in [0.4, 0.5) is 5.69 Å². The summed E-state index contributed by atoms with van der Waals surface area (Å²) in [5.74, 6) is 2.76. The van der Waals surface area contributed by atoms with Crippen molar-refractivity contribution in [2.75, 3.05) is 37.1 Å². The fourth-order valence-corrected chi connectivity index (χ4v) is 4.05. The number of hydrogen-bond acceptors (Lipinski definition) is 5. The average Bonchev–Trinajstić information content (AvgIpc) is 3.18. The number of carbonyl (C=O) groups excluding carboxylic acids is 1. The van der Waals surface area contributed by atoms with Crippen molar-refractivity contribution in [3.8, 4) is 5.75 Å². The summed E-state index contributed by atoms with van der Waals surface area (Å²) in [6, 6.07) is 5.79. The molecule has 0 aromatic heterocycles. The molecule has 2 aliphatic rings. The molecule has 2 saturated heterocycles. The van der Waals surface area contributed by atoms with Crippen molar-refractivity contribution >= 4 is 35.0 Å². The summed E-state index contributed by atoms with van der Waals surface area (Å²) in [5, 5.41) is 7.33. The van der Waals surface area contributed by atoms with Crippen LogP contribution in [-0.4, -0.2) is 54.7 Å². The third kappa shape index (κ3) is 3.45. The summed E-state index contributed by atoms with van der Waals surface area (Å²) >= 11 is 7.95. The van der Waals surface area contributed by atoms with Crippen molar-refractivity contribution < 1.29 is 9.53 Å². The molecule has 0 saturated carbocycles. The molecule has 2 N–H and O–H groups in total. The summed E-state index contributed by atoms with van der Waals surface area (Å²) in [6.45, 7) is 1.65. The van der Waals surface area contributed by atoms with Crippen LogP contribution in [0.3, 0.4) is 0 Å². The highest BCUT2D eigenvalue weighted by molar-refractivity contribution is 7.99. The Morgan fingerprint density at radius 2 is 2.41 bits per heavy atom. The second-order valence-electron chi connectivity index (χ2n) is 5.53. The quantitative estimate of drug-likeness (QED) is 0.877. The standard InChI is InChI=1S/C15H20ClN3O2S/c1-21-14-3-2-10(6-12(14)16)18-11-7-13(17-8-11)15(20)19-4-5-22-9-19/h2-3,6,11,13,17-18H,4-5,7-9H2,1H3/t11-,13-/m0/s1. The SMILES string of the molecule is COc1ccc(N[C@@H]2CN[C@H](C(=O)N3CCSC3)C2)cc1Cl. The van der Waals surface area contributed by atoms with E-state index in [9.17, 15) is 4.79 Å². The number of anilines is 1. The second kappa shape index (κ2) is 6.98. The van der Waals surface area contributed by atoms with E-state index in [0.29, 0.717) is 10.8 Å². The van der Waals surface area contributed by atoms with Gasteiger partial charge in [0.05, 0.1) is 24.1 Å². The Balaban J connectivity index is 1.56. The first-order chi connectivity index (χ1) is 10.7. The highest BCUT2D eigenvalue weighted by atomic mass is 35.5. The minimum absolute atomic E-state index is 0.0788. The van der Waals surface area contributed by atoms with Gasteiger partial charge in [-0.15, -0.1) is 11.8 Å². The molecule has 7 heteroatoms. The van der Waals surface area contributed by atoms with Gasteiger partial charge in [-0.2, -0.15) is 0 Å². The van der Waals surface area contributed by atoms with Gasteiger partial charge < -0.3 is 20.3 Å². The van der Waals surface area contributed by atoms with Crippen LogP contribution in [0.2, 0.25) is 5.02 Å². The van der Waals surface area contributed by atoms with Crippen LogP contribution in [0.15, 0.2) is 18.2 Å². The normalized spacial score (nSPS) is 24.5. The molecule has 5 nitrogen and oxygen atoms in total. The Labute approximate surface area is 139 Å². The number of methoxy groups -OCH3 is 1. The van der Waals surface area contributed by atoms with Crippen molar-refractivity contribution in [2.24, 2.45) is 0 Å². The fraction of sp³-hybridized carbons (Fsp3) is 0.533. The molecule has 2 fully saturated rings. The molecule has 2 atom stereocenters. The lowest BCUT2D eigenvalue weighted by Crippen LogP contribution is -2.42. The number of benzene rings is 1. The van der Waals surface area contributed by atoms with Gasteiger partial charge in [-0.25, -0.2) is 0 Å². The van der Waals surface area contributed by atoms with Gasteiger partial charge in [-0.05, 0) is 24.6 Å². The summed E-state index contributed by atoms with van der Waals surface area (Å²) < 4.78 is 5.15. The molecule has 0 bridgehead atoms. The van der Waals surface area contributed by atoms with E-state index < -0.39 is 0 Å². The van der Waals surface area contributed by atoms with E-state index in [1.807, 2.05) is 34.9 Å². The van der Waals surface area contributed by atoms with E-state index in [2.05, 4.69) is 10.6 Å². The first kappa shape index (κ1) is 15.8. The Morgan fingerprint density at radius 1 is 1.55 bits per heavy atom. The Hall–Kier alpha value is -1.11. The van der Waals surface area contributed by atoms with Gasteiger partial charge in [0.25, 0.3) is 0 Å². The number of ether oxygens (including phenoxy) is 1. The molecule has 1 aromatic carbocycles. The number of rotatable bonds is 4. The lowest BCUT2D eigenvalue weighted by molar-refractivity contribution is -0.131. The molecule has 0 unspecified atom stereocenters. The zero-order valence-electron chi connectivity index (χ0n) is 12.5. The molecule has 22 heavy (non-hydrogen) atoms. The van der Waals surface area contributed by atoms with Crippen LogP contribution in [0, 0.1) is 0 Å². The van der Waals surface area contributed by atoms with E-state index in [1.165, 1.54) is 0 Å². The maximum atomic E-state index is 12.4. The van der Waals surface area contributed by atoms with Crippen molar-refractivity contribution in [2.45, 2.75) is 18.5 Å². The number of thioether (sulfide) groups is 1. The first-order valence-electron chi connectivity index (χ1n) is 7.37. The number of hydrogen-bond donors (Lipinski definition) is 2. The fourth-order valence-electron chi connectivity index (χ4n) is 2.83. The van der Waals surface area contributed by atoms with E-state index >= 15 is 0 Å². The molecule has 120 valence electrons. The highest BCUT2D eigenvalue weighted by Crippen LogP contribution is 2.28. The number of nitrogens with zero attached hydrogens (tertiary/aromatic N) is 1. The summed E-state index contributed by atoms with van der Waals surface area (Å²) in [6.07, 6.45) is 0.795. The zero-order valence-corrected chi connectivity index (χ0v) is 14.0. The van der Waals surface area contributed by atoms with Crippen LogP contribution in [0.1, 0.15) is 6.42 Å². The van der Waals surface area contributed by atoms with Crippen molar-refractivity contribution in [1.82, 2.24) is 10.2 Å². The van der Waals surface area contributed by atoms with E-state index in [0.717, 1.165) is 36.8 Å². The van der Waals surface area contributed by atoms with Gasteiger partial charge >= 0.3 is 0 Å². The lowest BCUT2D eigenvalue weighted by atomic mass is 10.1. The number of amides is 1. The van der Waals surface area contributed by atoms with Crippen molar-refractivity contribution in [3.63, 3.8) is 0 Å².